The molecule has 6 nitrogen and oxygen atoms in total. The second-order valence-electron chi connectivity index (χ2n) is 2.37. The predicted molar refractivity (Wildman–Crippen MR) is 38.7 cm³/mol. The largest absolute Gasteiger partial charge is 0.480 e. The molecule has 0 saturated heterocycles. The second kappa shape index (κ2) is 3.22. The quantitative estimate of drug-likeness (QED) is 0.509. The van der Waals surface area contributed by atoms with E-state index in [1.807, 2.05) is 0 Å². The summed E-state index contributed by atoms with van der Waals surface area (Å²) in [6.45, 7) is 0. The van der Waals surface area contributed by atoms with Gasteiger partial charge in [0, 0.05) is 6.42 Å². The van der Waals surface area contributed by atoms with E-state index in [2.05, 4.69) is 10.2 Å². The Morgan fingerprint density at radius 3 is 3.25 bits per heavy atom. The van der Waals surface area contributed by atoms with Crippen LogP contribution < -0.4 is 5.73 Å². The molecule has 0 aliphatic heterocycles. The molecule has 1 aromatic rings. The summed E-state index contributed by atoms with van der Waals surface area (Å²) in [7, 11) is 0. The first-order valence-corrected chi connectivity index (χ1v) is 3.28. The van der Waals surface area contributed by atoms with Crippen molar-refractivity contribution >= 4 is 5.97 Å². The molecule has 1 aromatic heterocycles. The SMILES string of the molecule is [2H]On1cnc(C[C@H](N)C(=O)O)c1. The summed E-state index contributed by atoms with van der Waals surface area (Å²) < 4.78 is 7.54. The molecule has 1 heterocycles. The Labute approximate surface area is 69.7 Å². The average molecular weight is 172 g/mol. The number of carboxylic acids is 1. The van der Waals surface area contributed by atoms with Crippen LogP contribution >= 0.6 is 0 Å². The molecule has 66 valence electrons. The summed E-state index contributed by atoms with van der Waals surface area (Å²) >= 11 is 0. The fourth-order valence-corrected chi connectivity index (χ4v) is 0.763. The molecule has 12 heavy (non-hydrogen) atoms. The summed E-state index contributed by atoms with van der Waals surface area (Å²) in [6, 6.07) is -0.978. The number of nitrogens with zero attached hydrogens (tertiary/aromatic N) is 2. The van der Waals surface area contributed by atoms with Crippen LogP contribution in [0.1, 0.15) is 5.69 Å². The van der Waals surface area contributed by atoms with E-state index in [9.17, 15) is 4.79 Å². The van der Waals surface area contributed by atoms with Crippen molar-refractivity contribution in [1.29, 1.82) is 0 Å². The van der Waals surface area contributed by atoms with Gasteiger partial charge in [0.1, 0.15) is 12.4 Å². The molecule has 0 fully saturated rings. The maximum absolute atomic E-state index is 10.4. The third-order valence-corrected chi connectivity index (χ3v) is 1.36. The van der Waals surface area contributed by atoms with E-state index in [0.29, 0.717) is 5.69 Å². The molecular weight excluding hydrogens is 162 g/mol. The number of nitrogens with two attached hydrogens (primary N) is 1. The maximum atomic E-state index is 10.4. The number of carbonyl (C=O) groups is 1. The zero-order chi connectivity index (χ0) is 9.84. The number of imidazole rings is 1. The predicted octanol–water partition coefficient (Wildman–Crippen LogP) is -0.925. The van der Waals surface area contributed by atoms with E-state index < -0.39 is 12.0 Å². The van der Waals surface area contributed by atoms with Gasteiger partial charge in [-0.25, -0.2) is 4.98 Å². The monoisotopic (exact) mass is 172 g/mol. The van der Waals surface area contributed by atoms with Gasteiger partial charge < -0.3 is 16.0 Å². The Bertz CT molecular complexity index is 301. The molecule has 0 bridgehead atoms. The van der Waals surface area contributed by atoms with Crippen molar-refractivity contribution in [3.05, 3.63) is 18.2 Å². The van der Waals surface area contributed by atoms with Crippen molar-refractivity contribution in [3.8, 4) is 0 Å². The molecule has 0 unspecified atom stereocenters. The standard InChI is InChI=1S/C6H9N3O3/c7-5(6(10)11)1-4-2-9(12)3-8-4/h2-3,5,12H,1,7H2,(H,10,11)/t5-/m0/s1/i12D. The van der Waals surface area contributed by atoms with Gasteiger partial charge in [-0.3, -0.25) is 4.79 Å². The number of aromatic nitrogens is 2. The molecular formula is C6H9N3O3. The van der Waals surface area contributed by atoms with E-state index in [1.54, 1.807) is 0 Å². The normalized spacial score (nSPS) is 13.6. The zero-order valence-electron chi connectivity index (χ0n) is 7.17. The van der Waals surface area contributed by atoms with Crippen LogP contribution in [-0.4, -0.2) is 32.0 Å². The molecule has 1 atom stereocenters. The first-order chi connectivity index (χ1) is 6.13. The van der Waals surface area contributed by atoms with E-state index in [-0.39, 0.29) is 6.42 Å². The lowest BCUT2D eigenvalue weighted by Crippen LogP contribution is -2.32. The van der Waals surface area contributed by atoms with Crippen molar-refractivity contribution in [2.24, 2.45) is 5.73 Å². The van der Waals surface area contributed by atoms with Crippen LogP contribution in [0, 0.1) is 0 Å². The highest BCUT2D eigenvalue weighted by Crippen LogP contribution is 1.97. The number of hydrogen-bond acceptors (Lipinski definition) is 4. The summed E-state index contributed by atoms with van der Waals surface area (Å²) in [5, 5.41) is 12.5. The minimum absolute atomic E-state index is 0.117. The van der Waals surface area contributed by atoms with Gasteiger partial charge >= 0.3 is 7.40 Å². The number of aliphatic carboxylic acids is 1. The fourth-order valence-electron chi connectivity index (χ4n) is 0.763. The van der Waals surface area contributed by atoms with Crippen LogP contribution in [0.15, 0.2) is 12.5 Å². The maximum Gasteiger partial charge on any atom is 0.327 e. The summed E-state index contributed by atoms with van der Waals surface area (Å²) in [4.78, 5) is 14.1. The van der Waals surface area contributed by atoms with E-state index in [4.69, 9.17) is 12.3 Å². The van der Waals surface area contributed by atoms with Crippen LogP contribution in [0.2, 0.25) is 1.43 Å². The number of hydrogen-bond donors (Lipinski definition) is 3. The van der Waals surface area contributed by atoms with Crippen molar-refractivity contribution in [1.82, 2.24) is 9.71 Å². The molecule has 0 aromatic carbocycles. The van der Waals surface area contributed by atoms with Gasteiger partial charge in [-0.2, -0.15) is 4.73 Å². The molecule has 0 spiro atoms. The molecule has 0 aliphatic carbocycles. The van der Waals surface area contributed by atoms with E-state index >= 15 is 0 Å². The highest BCUT2D eigenvalue weighted by molar-refractivity contribution is 5.73. The van der Waals surface area contributed by atoms with Crippen LogP contribution in [0.4, 0.5) is 0 Å². The molecule has 0 aliphatic rings. The first kappa shape index (κ1) is 7.11. The average Bonchev–Trinajstić information content (AvgIpc) is 2.52. The Morgan fingerprint density at radius 2 is 2.75 bits per heavy atom. The fraction of sp³-hybridized carbons (Fsp3) is 0.333. The van der Waals surface area contributed by atoms with Crippen LogP contribution in [-0.2, 0) is 11.2 Å². The van der Waals surface area contributed by atoms with Crippen LogP contribution in [0.25, 0.3) is 0 Å². The van der Waals surface area contributed by atoms with E-state index in [0.717, 1.165) is 4.73 Å². The third-order valence-electron chi connectivity index (χ3n) is 1.36. The molecule has 1 rings (SSSR count). The zero-order valence-corrected chi connectivity index (χ0v) is 6.17. The van der Waals surface area contributed by atoms with Gasteiger partial charge in [0.15, 0.2) is 0 Å². The highest BCUT2D eigenvalue weighted by atomic mass is 16.5. The van der Waals surface area contributed by atoms with Crippen molar-refractivity contribution < 1.29 is 16.5 Å². The van der Waals surface area contributed by atoms with Gasteiger partial charge in [0.05, 0.1) is 11.9 Å². The number of carboxylic acid groups (broad SMARTS) is 1. The summed E-state index contributed by atoms with van der Waals surface area (Å²) in [5.74, 6) is -1.08. The van der Waals surface area contributed by atoms with E-state index in [1.165, 1.54) is 12.5 Å². The lowest BCUT2D eigenvalue weighted by Gasteiger charge is -2.01. The smallest absolute Gasteiger partial charge is 0.327 e. The van der Waals surface area contributed by atoms with Gasteiger partial charge in [0.25, 0.3) is 0 Å². The summed E-state index contributed by atoms with van der Waals surface area (Å²) in [6.07, 6.45) is 2.78. The first-order valence-electron chi connectivity index (χ1n) is 3.69. The van der Waals surface area contributed by atoms with Crippen LogP contribution in [0.5, 0.6) is 0 Å². The third kappa shape index (κ3) is 1.96. The molecule has 0 radical (unpaired) electrons. The van der Waals surface area contributed by atoms with Crippen molar-refractivity contribution in [2.45, 2.75) is 12.5 Å². The van der Waals surface area contributed by atoms with Gasteiger partial charge in [-0.1, -0.05) is 0 Å². The Hall–Kier alpha value is -1.56. The second-order valence-corrected chi connectivity index (χ2v) is 2.37. The molecule has 4 N–H and O–H groups in total. The summed E-state index contributed by atoms with van der Waals surface area (Å²) in [5.41, 5.74) is 5.74. The van der Waals surface area contributed by atoms with Crippen LogP contribution in [0.3, 0.4) is 0 Å². The van der Waals surface area contributed by atoms with Gasteiger partial charge in [-0.05, 0) is 0 Å². The minimum atomic E-state index is -1.08. The Balaban J connectivity index is 2.58. The molecule has 6 heteroatoms. The molecule has 0 amide bonds. The van der Waals surface area contributed by atoms with Crippen molar-refractivity contribution in [3.63, 3.8) is 0 Å². The minimum Gasteiger partial charge on any atom is -0.480 e. The Morgan fingerprint density at radius 1 is 2.00 bits per heavy atom. The topological polar surface area (TPSA) is 101 Å². The lowest BCUT2D eigenvalue weighted by atomic mass is 10.2. The Kier molecular flexibility index (Phi) is 1.91. The highest BCUT2D eigenvalue weighted by Gasteiger charge is 2.13. The van der Waals surface area contributed by atoms with Gasteiger partial charge in [0.2, 0.25) is 0 Å². The lowest BCUT2D eigenvalue weighted by molar-refractivity contribution is -0.138. The number of rotatable bonds is 4. The van der Waals surface area contributed by atoms with Crippen molar-refractivity contribution in [2.75, 3.05) is 0 Å². The molecule has 0 saturated carbocycles. The van der Waals surface area contributed by atoms with Gasteiger partial charge in [-0.15, -0.1) is 0 Å².